The van der Waals surface area contributed by atoms with Crippen molar-refractivity contribution in [3.05, 3.63) is 5.01 Å². The number of aliphatic hydroxyl groups is 1. The van der Waals surface area contributed by atoms with Gasteiger partial charge in [-0.2, -0.15) is 0 Å². The monoisotopic (exact) mass is 296 g/mol. The molecule has 1 aromatic heterocycles. The predicted octanol–water partition coefficient (Wildman–Crippen LogP) is 2.09. The van der Waals surface area contributed by atoms with Crippen LogP contribution in [0.1, 0.15) is 50.0 Å². The summed E-state index contributed by atoms with van der Waals surface area (Å²) in [4.78, 5) is 12.0. The van der Waals surface area contributed by atoms with Gasteiger partial charge in [0.2, 0.25) is 5.13 Å². The van der Waals surface area contributed by atoms with Gasteiger partial charge in [-0.25, -0.2) is 4.79 Å². The van der Waals surface area contributed by atoms with Gasteiger partial charge in [-0.05, 0) is 25.7 Å². The van der Waals surface area contributed by atoms with Gasteiger partial charge in [0.05, 0.1) is 6.61 Å². The highest BCUT2D eigenvalue weighted by molar-refractivity contribution is 7.15. The Morgan fingerprint density at radius 2 is 2.25 bits per heavy atom. The molecule has 1 heterocycles. The van der Waals surface area contributed by atoms with Crippen LogP contribution in [0.25, 0.3) is 0 Å². The zero-order chi connectivity index (χ0) is 14.2. The van der Waals surface area contributed by atoms with Crippen LogP contribution in [0.2, 0.25) is 0 Å². The molecule has 2 saturated carbocycles. The lowest BCUT2D eigenvalue weighted by molar-refractivity contribution is 0.122. The average molecular weight is 296 g/mol. The standard InChI is InChI=1S/C13H20N4O2S/c1-13(7-18)6-2-3-9(13)14-11(19)15-12-17-16-10(20-12)8-4-5-8/h8-9,18H,2-7H2,1H3,(H2,14,15,17,19). The van der Waals surface area contributed by atoms with Crippen molar-refractivity contribution in [3.8, 4) is 0 Å². The lowest BCUT2D eigenvalue weighted by Crippen LogP contribution is -2.46. The van der Waals surface area contributed by atoms with Crippen molar-refractivity contribution < 1.29 is 9.90 Å². The van der Waals surface area contributed by atoms with Crippen LogP contribution in [0.5, 0.6) is 0 Å². The molecule has 7 heteroatoms. The number of rotatable bonds is 4. The predicted molar refractivity (Wildman–Crippen MR) is 76.9 cm³/mol. The van der Waals surface area contributed by atoms with Crippen LogP contribution in [0, 0.1) is 5.41 Å². The van der Waals surface area contributed by atoms with Gasteiger partial charge in [0.15, 0.2) is 0 Å². The molecule has 2 unspecified atom stereocenters. The first-order valence-electron chi connectivity index (χ1n) is 7.12. The van der Waals surface area contributed by atoms with E-state index in [-0.39, 0.29) is 24.1 Å². The Bertz CT molecular complexity index is 502. The van der Waals surface area contributed by atoms with Crippen molar-refractivity contribution in [2.24, 2.45) is 5.41 Å². The molecule has 2 amide bonds. The number of nitrogens with one attached hydrogen (secondary N) is 2. The molecular weight excluding hydrogens is 276 g/mol. The molecular formula is C13H20N4O2S. The molecule has 0 saturated heterocycles. The van der Waals surface area contributed by atoms with Gasteiger partial charge in [0, 0.05) is 17.4 Å². The highest BCUT2D eigenvalue weighted by Gasteiger charge is 2.39. The Hall–Kier alpha value is -1.21. The molecule has 20 heavy (non-hydrogen) atoms. The molecule has 0 spiro atoms. The maximum Gasteiger partial charge on any atom is 0.321 e. The van der Waals surface area contributed by atoms with Crippen molar-refractivity contribution in [2.75, 3.05) is 11.9 Å². The van der Waals surface area contributed by atoms with E-state index in [1.54, 1.807) is 0 Å². The summed E-state index contributed by atoms with van der Waals surface area (Å²) in [5.41, 5.74) is -0.211. The fourth-order valence-corrected chi connectivity index (χ4v) is 3.65. The van der Waals surface area contributed by atoms with E-state index in [2.05, 4.69) is 20.8 Å². The quantitative estimate of drug-likeness (QED) is 0.794. The molecule has 3 N–H and O–H groups in total. The number of hydrogen-bond acceptors (Lipinski definition) is 5. The molecule has 2 aliphatic rings. The van der Waals surface area contributed by atoms with Crippen molar-refractivity contribution in [1.82, 2.24) is 15.5 Å². The number of urea groups is 1. The summed E-state index contributed by atoms with van der Waals surface area (Å²) in [6.07, 6.45) is 5.25. The first-order valence-corrected chi connectivity index (χ1v) is 7.94. The summed E-state index contributed by atoms with van der Waals surface area (Å²) >= 11 is 1.45. The Balaban J connectivity index is 1.56. The van der Waals surface area contributed by atoms with Crippen molar-refractivity contribution in [3.63, 3.8) is 0 Å². The lowest BCUT2D eigenvalue weighted by atomic mass is 9.86. The minimum atomic E-state index is -0.255. The van der Waals surface area contributed by atoms with Crippen molar-refractivity contribution in [2.45, 2.75) is 51.0 Å². The number of aliphatic hydroxyl groups excluding tert-OH is 1. The van der Waals surface area contributed by atoms with Crippen LogP contribution in [-0.4, -0.2) is 34.0 Å². The van der Waals surface area contributed by atoms with E-state index in [9.17, 15) is 9.90 Å². The van der Waals surface area contributed by atoms with E-state index in [0.29, 0.717) is 11.0 Å². The molecule has 1 aromatic rings. The lowest BCUT2D eigenvalue weighted by Gasteiger charge is -2.29. The maximum absolute atomic E-state index is 12.0. The third-order valence-electron chi connectivity index (χ3n) is 4.34. The largest absolute Gasteiger partial charge is 0.396 e. The Kier molecular flexibility index (Phi) is 3.64. The molecule has 0 bridgehead atoms. The van der Waals surface area contributed by atoms with Crippen LogP contribution in [0.15, 0.2) is 0 Å². The molecule has 6 nitrogen and oxygen atoms in total. The molecule has 0 aliphatic heterocycles. The van der Waals surface area contributed by atoms with E-state index in [1.807, 2.05) is 6.92 Å². The number of nitrogens with zero attached hydrogens (tertiary/aromatic N) is 2. The summed E-state index contributed by atoms with van der Waals surface area (Å²) in [6, 6.07) is -0.238. The van der Waals surface area contributed by atoms with E-state index in [4.69, 9.17) is 0 Å². The molecule has 2 aliphatic carbocycles. The number of carbonyl (C=O) groups excluding carboxylic acids is 1. The zero-order valence-corrected chi connectivity index (χ0v) is 12.4. The number of carbonyl (C=O) groups is 1. The third kappa shape index (κ3) is 2.78. The molecule has 3 rings (SSSR count). The van der Waals surface area contributed by atoms with E-state index >= 15 is 0 Å². The van der Waals surface area contributed by atoms with Gasteiger partial charge in [-0.1, -0.05) is 24.7 Å². The highest BCUT2D eigenvalue weighted by atomic mass is 32.1. The van der Waals surface area contributed by atoms with Crippen LogP contribution < -0.4 is 10.6 Å². The van der Waals surface area contributed by atoms with Gasteiger partial charge in [0.25, 0.3) is 0 Å². The number of aromatic nitrogens is 2. The number of anilines is 1. The number of amides is 2. The highest BCUT2D eigenvalue weighted by Crippen LogP contribution is 2.42. The minimum absolute atomic E-state index is 0.0170. The Morgan fingerprint density at radius 1 is 1.45 bits per heavy atom. The second-order valence-electron chi connectivity index (χ2n) is 6.08. The summed E-state index contributed by atoms with van der Waals surface area (Å²) in [6.45, 7) is 2.11. The Labute approximate surface area is 122 Å². The Morgan fingerprint density at radius 3 is 2.95 bits per heavy atom. The molecule has 2 fully saturated rings. The summed E-state index contributed by atoms with van der Waals surface area (Å²) in [7, 11) is 0. The topological polar surface area (TPSA) is 87.1 Å². The van der Waals surface area contributed by atoms with E-state index in [1.165, 1.54) is 24.2 Å². The van der Waals surface area contributed by atoms with Crippen LogP contribution in [-0.2, 0) is 0 Å². The minimum Gasteiger partial charge on any atom is -0.396 e. The van der Waals surface area contributed by atoms with E-state index in [0.717, 1.165) is 24.3 Å². The number of hydrogen-bond donors (Lipinski definition) is 3. The third-order valence-corrected chi connectivity index (χ3v) is 5.34. The van der Waals surface area contributed by atoms with Crippen LogP contribution in [0.3, 0.4) is 0 Å². The van der Waals surface area contributed by atoms with Crippen molar-refractivity contribution >= 4 is 22.5 Å². The van der Waals surface area contributed by atoms with E-state index < -0.39 is 0 Å². The molecule has 110 valence electrons. The van der Waals surface area contributed by atoms with Gasteiger partial charge < -0.3 is 10.4 Å². The first-order chi connectivity index (χ1) is 9.60. The SMILES string of the molecule is CC1(CO)CCCC1NC(=O)Nc1nnc(C2CC2)s1. The van der Waals surface area contributed by atoms with Gasteiger partial charge in [-0.3, -0.25) is 5.32 Å². The fraction of sp³-hybridized carbons (Fsp3) is 0.769. The summed E-state index contributed by atoms with van der Waals surface area (Å²) < 4.78 is 0. The van der Waals surface area contributed by atoms with Crippen LogP contribution >= 0.6 is 11.3 Å². The normalized spacial score (nSPS) is 29.4. The maximum atomic E-state index is 12.0. The average Bonchev–Trinajstić information content (AvgIpc) is 3.08. The van der Waals surface area contributed by atoms with Crippen molar-refractivity contribution in [1.29, 1.82) is 0 Å². The molecule has 2 atom stereocenters. The smallest absolute Gasteiger partial charge is 0.321 e. The second-order valence-corrected chi connectivity index (χ2v) is 7.08. The summed E-state index contributed by atoms with van der Waals surface area (Å²) in [5, 5.41) is 24.8. The van der Waals surface area contributed by atoms with Gasteiger partial charge in [0.1, 0.15) is 5.01 Å². The summed E-state index contributed by atoms with van der Waals surface area (Å²) in [5.74, 6) is 0.554. The second kappa shape index (κ2) is 5.29. The van der Waals surface area contributed by atoms with Gasteiger partial charge >= 0.3 is 6.03 Å². The zero-order valence-electron chi connectivity index (χ0n) is 11.6. The van der Waals surface area contributed by atoms with Gasteiger partial charge in [-0.15, -0.1) is 10.2 Å². The fourth-order valence-electron chi connectivity index (χ4n) is 2.74. The first kappa shape index (κ1) is 13.8. The van der Waals surface area contributed by atoms with Crippen LogP contribution in [0.4, 0.5) is 9.93 Å². The molecule has 0 radical (unpaired) electrons. The molecule has 0 aromatic carbocycles.